The van der Waals surface area contributed by atoms with Crippen LogP contribution in [0, 0.1) is 0 Å². The van der Waals surface area contributed by atoms with Gasteiger partial charge in [0.05, 0.1) is 10.5 Å². The lowest BCUT2D eigenvalue weighted by atomic mass is 9.95. The molecule has 1 N–H and O–H groups in total. The quantitative estimate of drug-likeness (QED) is 0.938. The Bertz CT molecular complexity index is 647. The second kappa shape index (κ2) is 5.62. The number of nitrogens with one attached hydrogen (secondary N) is 1. The number of carbonyl (C=O) groups is 1. The van der Waals surface area contributed by atoms with Crippen molar-refractivity contribution in [3.63, 3.8) is 0 Å². The fourth-order valence-corrected chi connectivity index (χ4v) is 4.43. The van der Waals surface area contributed by atoms with Gasteiger partial charge in [-0.25, -0.2) is 0 Å². The number of benzene rings is 1. The summed E-state index contributed by atoms with van der Waals surface area (Å²) in [7, 11) is 2.00. The summed E-state index contributed by atoms with van der Waals surface area (Å²) >= 11 is 1.83. The first-order valence-corrected chi connectivity index (χ1v) is 8.20. The van der Waals surface area contributed by atoms with E-state index in [2.05, 4.69) is 23.5 Å². The van der Waals surface area contributed by atoms with E-state index in [0.29, 0.717) is 12.3 Å². The van der Waals surface area contributed by atoms with Gasteiger partial charge in [-0.15, -0.1) is 11.8 Å². The lowest BCUT2D eigenvalue weighted by molar-refractivity contribution is 0.0904. The maximum Gasteiger partial charge on any atom is 0.231 e. The summed E-state index contributed by atoms with van der Waals surface area (Å²) in [5.74, 6) is 1.79. The number of nitrogens with zero attached hydrogens (tertiary/aromatic N) is 1. The van der Waals surface area contributed by atoms with E-state index in [9.17, 15) is 4.79 Å². The van der Waals surface area contributed by atoms with Crippen LogP contribution in [-0.2, 0) is 0 Å². The Morgan fingerprint density at radius 2 is 2.25 bits per heavy atom. The Balaban J connectivity index is 2.27. The van der Waals surface area contributed by atoms with Gasteiger partial charge in [0.1, 0.15) is 0 Å². The number of para-hydroxylation sites is 1. The topological polar surface area (TPSA) is 34.0 Å². The number of hydrogen-bond acceptors (Lipinski definition) is 3. The molecular weight excluding hydrogens is 268 g/mol. The van der Waals surface area contributed by atoms with Gasteiger partial charge in [0.2, 0.25) is 5.91 Å². The van der Waals surface area contributed by atoms with Gasteiger partial charge in [-0.1, -0.05) is 25.1 Å². The lowest BCUT2D eigenvalue weighted by Crippen LogP contribution is -2.21. The molecule has 3 nitrogen and oxygen atoms in total. The molecule has 0 saturated carbocycles. The molecule has 4 heteroatoms. The van der Waals surface area contributed by atoms with Gasteiger partial charge >= 0.3 is 0 Å². The maximum absolute atomic E-state index is 12.4. The molecule has 2 aromatic rings. The molecule has 1 aromatic heterocycles. The van der Waals surface area contributed by atoms with Crippen molar-refractivity contribution >= 4 is 28.6 Å². The van der Waals surface area contributed by atoms with Crippen LogP contribution in [0.5, 0.6) is 0 Å². The number of carbonyl (C=O) groups excluding carboxylic acids is 1. The molecule has 1 atom stereocenters. The number of thioether (sulfide) groups is 1. The second-order valence-electron chi connectivity index (χ2n) is 5.21. The Kier molecular flexibility index (Phi) is 3.85. The maximum atomic E-state index is 12.4. The molecule has 1 aliphatic heterocycles. The molecule has 1 aliphatic rings. The average Bonchev–Trinajstić information content (AvgIpc) is 2.82. The van der Waals surface area contributed by atoms with Crippen LogP contribution < -0.4 is 5.32 Å². The van der Waals surface area contributed by atoms with Gasteiger partial charge in [-0.2, -0.15) is 0 Å². The van der Waals surface area contributed by atoms with E-state index in [-0.39, 0.29) is 5.91 Å². The zero-order chi connectivity index (χ0) is 14.1. The molecule has 106 valence electrons. The normalized spacial score (nSPS) is 18.2. The number of hydrogen-bond donors (Lipinski definition) is 1. The monoisotopic (exact) mass is 288 g/mol. The Morgan fingerprint density at radius 3 is 3.00 bits per heavy atom. The molecule has 3 rings (SSSR count). The summed E-state index contributed by atoms with van der Waals surface area (Å²) < 4.78 is 1.94. The van der Waals surface area contributed by atoms with E-state index in [1.165, 1.54) is 22.4 Å². The molecule has 0 fully saturated rings. The fraction of sp³-hybridized carbons (Fsp3) is 0.438. The standard InChI is InChI=1S/C16H20N2OS/c1-3-14(19)18-13-7-5-4-6-12(13)15-11(10-17-2)8-9-20-16(15)18/h4-7,11,17H,3,8-10H2,1-2H3. The molecule has 0 radical (unpaired) electrons. The van der Waals surface area contributed by atoms with E-state index in [4.69, 9.17) is 0 Å². The molecule has 2 heterocycles. The summed E-state index contributed by atoms with van der Waals surface area (Å²) in [6.07, 6.45) is 1.72. The van der Waals surface area contributed by atoms with Crippen molar-refractivity contribution in [1.82, 2.24) is 9.88 Å². The third-order valence-electron chi connectivity index (χ3n) is 3.98. The van der Waals surface area contributed by atoms with Crippen LogP contribution in [0.15, 0.2) is 29.3 Å². The predicted octanol–water partition coefficient (Wildman–Crippen LogP) is 3.49. The van der Waals surface area contributed by atoms with Crippen molar-refractivity contribution in [3.8, 4) is 0 Å². The fourth-order valence-electron chi connectivity index (χ4n) is 3.08. The first-order chi connectivity index (χ1) is 9.77. The van der Waals surface area contributed by atoms with Crippen molar-refractivity contribution in [2.45, 2.75) is 30.7 Å². The van der Waals surface area contributed by atoms with Gasteiger partial charge < -0.3 is 5.32 Å². The predicted molar refractivity (Wildman–Crippen MR) is 84.9 cm³/mol. The molecule has 0 bridgehead atoms. The number of rotatable bonds is 3. The number of aromatic nitrogens is 1. The third-order valence-corrected chi connectivity index (χ3v) is 5.10. The SMILES string of the molecule is CCC(=O)n1c2c(c3ccccc31)C(CNC)CCS2. The van der Waals surface area contributed by atoms with Crippen LogP contribution in [-0.4, -0.2) is 29.8 Å². The van der Waals surface area contributed by atoms with Gasteiger partial charge in [-0.3, -0.25) is 9.36 Å². The van der Waals surface area contributed by atoms with E-state index < -0.39 is 0 Å². The average molecular weight is 288 g/mol. The molecule has 0 spiro atoms. The van der Waals surface area contributed by atoms with Crippen molar-refractivity contribution in [2.24, 2.45) is 0 Å². The highest BCUT2D eigenvalue weighted by Crippen LogP contribution is 2.43. The largest absolute Gasteiger partial charge is 0.319 e. The first-order valence-electron chi connectivity index (χ1n) is 7.21. The van der Waals surface area contributed by atoms with Crippen molar-refractivity contribution in [3.05, 3.63) is 29.8 Å². The smallest absolute Gasteiger partial charge is 0.231 e. The zero-order valence-electron chi connectivity index (χ0n) is 12.0. The van der Waals surface area contributed by atoms with Crippen LogP contribution in [0.2, 0.25) is 0 Å². The molecule has 20 heavy (non-hydrogen) atoms. The van der Waals surface area contributed by atoms with E-state index in [1.807, 2.05) is 36.4 Å². The highest BCUT2D eigenvalue weighted by atomic mass is 32.2. The first kappa shape index (κ1) is 13.7. The minimum atomic E-state index is 0.194. The molecular formula is C16H20N2OS. The van der Waals surface area contributed by atoms with E-state index in [0.717, 1.165) is 17.8 Å². The van der Waals surface area contributed by atoms with Crippen LogP contribution >= 0.6 is 11.8 Å². The summed E-state index contributed by atoms with van der Waals surface area (Å²) in [4.78, 5) is 12.4. The molecule has 0 amide bonds. The van der Waals surface area contributed by atoms with E-state index >= 15 is 0 Å². The van der Waals surface area contributed by atoms with Gasteiger partial charge in [0.15, 0.2) is 0 Å². The Labute approximate surface area is 123 Å². The second-order valence-corrected chi connectivity index (χ2v) is 6.29. The minimum Gasteiger partial charge on any atom is -0.319 e. The van der Waals surface area contributed by atoms with Gasteiger partial charge in [-0.05, 0) is 25.1 Å². The van der Waals surface area contributed by atoms with Crippen LogP contribution in [0.1, 0.15) is 36.0 Å². The summed E-state index contributed by atoms with van der Waals surface area (Å²) in [5.41, 5.74) is 2.44. The van der Waals surface area contributed by atoms with Crippen molar-refractivity contribution < 1.29 is 4.79 Å². The van der Waals surface area contributed by atoms with Crippen molar-refractivity contribution in [1.29, 1.82) is 0 Å². The highest BCUT2D eigenvalue weighted by molar-refractivity contribution is 7.99. The number of fused-ring (bicyclic) bond motifs is 3. The Hall–Kier alpha value is -1.26. The summed E-state index contributed by atoms with van der Waals surface area (Å²) in [6.45, 7) is 2.91. The van der Waals surface area contributed by atoms with Gasteiger partial charge in [0, 0.05) is 30.0 Å². The summed E-state index contributed by atoms with van der Waals surface area (Å²) in [6, 6.07) is 8.31. The summed E-state index contributed by atoms with van der Waals surface area (Å²) in [5, 5.41) is 5.71. The minimum absolute atomic E-state index is 0.194. The van der Waals surface area contributed by atoms with Crippen LogP contribution in [0.3, 0.4) is 0 Å². The molecule has 0 aliphatic carbocycles. The van der Waals surface area contributed by atoms with Crippen LogP contribution in [0.25, 0.3) is 10.9 Å². The number of likely N-dealkylation sites (N-methyl/N-ethyl adjacent to an activating group) is 1. The zero-order valence-corrected chi connectivity index (χ0v) is 12.8. The lowest BCUT2D eigenvalue weighted by Gasteiger charge is -2.23. The van der Waals surface area contributed by atoms with E-state index in [1.54, 1.807) is 0 Å². The van der Waals surface area contributed by atoms with Crippen molar-refractivity contribution in [2.75, 3.05) is 19.3 Å². The van der Waals surface area contributed by atoms with Crippen LogP contribution in [0.4, 0.5) is 0 Å². The third kappa shape index (κ3) is 2.07. The molecule has 0 saturated heterocycles. The Morgan fingerprint density at radius 1 is 1.45 bits per heavy atom. The molecule has 1 unspecified atom stereocenters. The van der Waals surface area contributed by atoms with Gasteiger partial charge in [0.25, 0.3) is 0 Å². The highest BCUT2D eigenvalue weighted by Gasteiger charge is 2.29. The molecule has 1 aromatic carbocycles.